The monoisotopic (exact) mass is 403 g/mol. The highest BCUT2D eigenvalue weighted by atomic mass is 32.2. The van der Waals surface area contributed by atoms with Crippen LogP contribution in [0.2, 0.25) is 0 Å². The number of allylic oxidation sites excluding steroid dienone is 1. The minimum absolute atomic E-state index is 0.0799. The second kappa shape index (κ2) is 7.97. The summed E-state index contributed by atoms with van der Waals surface area (Å²) in [4.78, 5) is 24.0. The van der Waals surface area contributed by atoms with Gasteiger partial charge in [0, 0.05) is 17.4 Å². The zero-order valence-electron chi connectivity index (χ0n) is 15.6. The number of anilines is 1. The van der Waals surface area contributed by atoms with Crippen LogP contribution in [0.5, 0.6) is 0 Å². The van der Waals surface area contributed by atoms with Crippen LogP contribution in [0.1, 0.15) is 17.7 Å². The quantitative estimate of drug-likeness (QED) is 0.739. The Labute approximate surface area is 163 Å². The average Bonchev–Trinajstić information content (AvgIpc) is 3.15. The fourth-order valence-electron chi connectivity index (χ4n) is 2.84. The lowest BCUT2D eigenvalue weighted by molar-refractivity contribution is -0.147. The molecule has 0 saturated heterocycles. The lowest BCUT2D eigenvalue weighted by atomic mass is 10.1. The van der Waals surface area contributed by atoms with Gasteiger partial charge < -0.3 is 10.1 Å². The highest BCUT2D eigenvalue weighted by molar-refractivity contribution is 7.94. The fraction of sp³-hybridized carbons (Fsp3) is 0.316. The summed E-state index contributed by atoms with van der Waals surface area (Å²) in [6.07, 6.45) is 1.39. The van der Waals surface area contributed by atoms with Crippen LogP contribution < -0.4 is 5.32 Å². The van der Waals surface area contributed by atoms with Crippen LogP contribution in [-0.2, 0) is 24.2 Å². The highest BCUT2D eigenvalue weighted by Gasteiger charge is 2.24. The van der Waals surface area contributed by atoms with Crippen molar-refractivity contribution in [2.24, 2.45) is 5.92 Å². The van der Waals surface area contributed by atoms with Gasteiger partial charge in [-0.1, -0.05) is 23.8 Å². The maximum absolute atomic E-state index is 12.2. The van der Waals surface area contributed by atoms with Crippen molar-refractivity contribution in [3.8, 4) is 5.69 Å². The van der Waals surface area contributed by atoms with Gasteiger partial charge >= 0.3 is 5.97 Å². The minimum atomic E-state index is -3.22. The number of aryl methyl sites for hydroxylation is 2. The number of benzene rings is 1. The van der Waals surface area contributed by atoms with Gasteiger partial charge in [-0.15, -0.1) is 0 Å². The molecule has 0 fully saturated rings. The summed E-state index contributed by atoms with van der Waals surface area (Å²) in [6, 6.07) is 9.38. The maximum atomic E-state index is 12.2. The first-order valence-corrected chi connectivity index (χ1v) is 10.4. The minimum Gasteiger partial charge on any atom is -0.456 e. The molecule has 1 aliphatic heterocycles. The normalized spacial score (nSPS) is 17.4. The van der Waals surface area contributed by atoms with E-state index >= 15 is 0 Å². The standard InChI is InChI=1S/C19H21N3O5S/c1-13-3-5-16(6-4-13)22-17(9-14(2)21-22)20-18(23)11-27-19(24)10-15-7-8-28(25,26)12-15/h3-9,15H,10-12H2,1-2H3,(H,20,23). The first-order chi connectivity index (χ1) is 13.2. The highest BCUT2D eigenvalue weighted by Crippen LogP contribution is 2.19. The van der Waals surface area contributed by atoms with Gasteiger partial charge in [0.15, 0.2) is 16.4 Å². The summed E-state index contributed by atoms with van der Waals surface area (Å²) < 4.78 is 29.3. The second-order valence-electron chi connectivity index (χ2n) is 6.75. The Kier molecular flexibility index (Phi) is 5.64. The van der Waals surface area contributed by atoms with E-state index in [2.05, 4.69) is 10.4 Å². The van der Waals surface area contributed by atoms with E-state index in [0.29, 0.717) is 5.82 Å². The first kappa shape index (κ1) is 19.8. The first-order valence-electron chi connectivity index (χ1n) is 8.72. The van der Waals surface area contributed by atoms with Gasteiger partial charge in [-0.2, -0.15) is 5.10 Å². The van der Waals surface area contributed by atoms with Crippen molar-refractivity contribution in [1.82, 2.24) is 9.78 Å². The van der Waals surface area contributed by atoms with Crippen LogP contribution >= 0.6 is 0 Å². The molecule has 1 aliphatic rings. The third-order valence-corrected chi connectivity index (χ3v) is 5.64. The SMILES string of the molecule is Cc1ccc(-n2nc(C)cc2NC(=O)COC(=O)CC2C=CS(=O)(=O)C2)cc1. The van der Waals surface area contributed by atoms with E-state index < -0.39 is 34.2 Å². The van der Waals surface area contributed by atoms with E-state index in [4.69, 9.17) is 4.74 Å². The molecule has 0 aliphatic carbocycles. The number of hydrogen-bond acceptors (Lipinski definition) is 6. The number of nitrogens with zero attached hydrogens (tertiary/aromatic N) is 2. The van der Waals surface area contributed by atoms with Crippen LogP contribution in [0.15, 0.2) is 41.8 Å². The summed E-state index contributed by atoms with van der Waals surface area (Å²) in [6.45, 7) is 3.33. The van der Waals surface area contributed by atoms with Crippen LogP contribution in [0.4, 0.5) is 5.82 Å². The largest absolute Gasteiger partial charge is 0.456 e. The van der Waals surface area contributed by atoms with Crippen molar-refractivity contribution in [2.45, 2.75) is 20.3 Å². The molecule has 2 heterocycles. The van der Waals surface area contributed by atoms with Crippen molar-refractivity contribution in [1.29, 1.82) is 0 Å². The van der Waals surface area contributed by atoms with E-state index in [9.17, 15) is 18.0 Å². The van der Waals surface area contributed by atoms with Gasteiger partial charge in [0.05, 0.1) is 23.6 Å². The van der Waals surface area contributed by atoms with E-state index in [1.54, 1.807) is 10.7 Å². The predicted molar refractivity (Wildman–Crippen MR) is 104 cm³/mol. The van der Waals surface area contributed by atoms with E-state index in [1.807, 2.05) is 38.1 Å². The molecule has 0 spiro atoms. The Hall–Kier alpha value is -2.94. The number of sulfone groups is 1. The number of carbonyl (C=O) groups is 2. The molecule has 0 bridgehead atoms. The number of esters is 1. The molecule has 1 amide bonds. The third kappa shape index (κ3) is 5.07. The van der Waals surface area contributed by atoms with Crippen LogP contribution in [0.25, 0.3) is 5.69 Å². The molecule has 8 nitrogen and oxygen atoms in total. The summed E-state index contributed by atoms with van der Waals surface area (Å²) in [7, 11) is -3.22. The summed E-state index contributed by atoms with van der Waals surface area (Å²) in [5.74, 6) is -1.18. The number of rotatable bonds is 6. The Morgan fingerprint density at radius 1 is 1.25 bits per heavy atom. The van der Waals surface area contributed by atoms with Gasteiger partial charge in [0.2, 0.25) is 0 Å². The Morgan fingerprint density at radius 2 is 1.96 bits per heavy atom. The van der Waals surface area contributed by atoms with Gasteiger partial charge in [-0.05, 0) is 26.0 Å². The molecule has 1 aromatic carbocycles. The molecule has 0 saturated carbocycles. The van der Waals surface area contributed by atoms with E-state index in [1.165, 1.54) is 6.08 Å². The zero-order chi connectivity index (χ0) is 20.3. The summed E-state index contributed by atoms with van der Waals surface area (Å²) in [5.41, 5.74) is 2.62. The molecule has 3 rings (SSSR count). The molecule has 2 aromatic rings. The number of ether oxygens (including phenoxy) is 1. The summed E-state index contributed by atoms with van der Waals surface area (Å²) >= 11 is 0. The predicted octanol–water partition coefficient (Wildman–Crippen LogP) is 1.92. The molecule has 28 heavy (non-hydrogen) atoms. The van der Waals surface area contributed by atoms with Crippen LogP contribution in [0.3, 0.4) is 0 Å². The van der Waals surface area contributed by atoms with Crippen LogP contribution in [0, 0.1) is 19.8 Å². The number of hydrogen-bond donors (Lipinski definition) is 1. The van der Waals surface area contributed by atoms with Crippen molar-refractivity contribution < 1.29 is 22.7 Å². The lowest BCUT2D eigenvalue weighted by Gasteiger charge is -2.10. The molecule has 1 aromatic heterocycles. The van der Waals surface area contributed by atoms with Crippen molar-refractivity contribution in [2.75, 3.05) is 17.7 Å². The Bertz CT molecular complexity index is 1020. The zero-order valence-corrected chi connectivity index (χ0v) is 16.4. The van der Waals surface area contributed by atoms with Crippen LogP contribution in [-0.4, -0.2) is 42.4 Å². The molecule has 1 N–H and O–H groups in total. The molecule has 0 radical (unpaired) electrons. The topological polar surface area (TPSA) is 107 Å². The number of carbonyl (C=O) groups excluding carboxylic acids is 2. The lowest BCUT2D eigenvalue weighted by Crippen LogP contribution is -2.23. The van der Waals surface area contributed by atoms with Gasteiger partial charge in [-0.3, -0.25) is 9.59 Å². The fourth-order valence-corrected chi connectivity index (χ4v) is 4.24. The number of nitrogens with one attached hydrogen (secondary N) is 1. The van der Waals surface area contributed by atoms with E-state index in [-0.39, 0.29) is 12.2 Å². The maximum Gasteiger partial charge on any atom is 0.306 e. The smallest absolute Gasteiger partial charge is 0.306 e. The number of amides is 1. The Morgan fingerprint density at radius 3 is 2.61 bits per heavy atom. The third-order valence-electron chi connectivity index (χ3n) is 4.18. The molecule has 9 heteroatoms. The molecular weight excluding hydrogens is 382 g/mol. The van der Waals surface area contributed by atoms with Gasteiger partial charge in [-0.25, -0.2) is 13.1 Å². The molecule has 1 unspecified atom stereocenters. The number of aromatic nitrogens is 2. The molecule has 148 valence electrons. The van der Waals surface area contributed by atoms with E-state index in [0.717, 1.165) is 22.4 Å². The van der Waals surface area contributed by atoms with Gasteiger partial charge in [0.25, 0.3) is 5.91 Å². The van der Waals surface area contributed by atoms with Crippen molar-refractivity contribution >= 4 is 27.5 Å². The second-order valence-corrected chi connectivity index (χ2v) is 8.68. The average molecular weight is 403 g/mol. The van der Waals surface area contributed by atoms with Crippen molar-refractivity contribution in [3.05, 3.63) is 53.1 Å². The summed E-state index contributed by atoms with van der Waals surface area (Å²) in [5, 5.41) is 8.15. The molecular formula is C19H21N3O5S. The van der Waals surface area contributed by atoms with Crippen molar-refractivity contribution in [3.63, 3.8) is 0 Å². The molecule has 1 atom stereocenters. The van der Waals surface area contributed by atoms with Gasteiger partial charge in [0.1, 0.15) is 5.82 Å². The Balaban J connectivity index is 1.56.